The number of anilines is 2. The fraction of sp³-hybridized carbons (Fsp3) is 0.100. The third-order valence-electron chi connectivity index (χ3n) is 3.94. The highest BCUT2D eigenvalue weighted by molar-refractivity contribution is 7.10. The van der Waals surface area contributed by atoms with E-state index in [2.05, 4.69) is 5.32 Å². The van der Waals surface area contributed by atoms with Crippen molar-refractivity contribution in [1.82, 2.24) is 0 Å². The third kappa shape index (κ3) is 4.32. The van der Waals surface area contributed by atoms with Gasteiger partial charge in [0.25, 0.3) is 0 Å². The predicted octanol–water partition coefficient (Wildman–Crippen LogP) is 4.08. The van der Waals surface area contributed by atoms with E-state index in [4.69, 9.17) is 15.9 Å². The van der Waals surface area contributed by atoms with Gasteiger partial charge in [0.15, 0.2) is 0 Å². The van der Waals surface area contributed by atoms with Crippen molar-refractivity contribution in [2.24, 2.45) is 0 Å². The van der Waals surface area contributed by atoms with E-state index in [1.165, 1.54) is 36.6 Å². The lowest BCUT2D eigenvalue weighted by Gasteiger charge is -2.15. The molecular formula is C20H18FN3O2S. The summed E-state index contributed by atoms with van der Waals surface area (Å²) in [6.07, 6.45) is 0.238. The van der Waals surface area contributed by atoms with Crippen molar-refractivity contribution in [1.29, 1.82) is 5.41 Å². The number of halogens is 1. The van der Waals surface area contributed by atoms with Crippen molar-refractivity contribution < 1.29 is 13.9 Å². The summed E-state index contributed by atoms with van der Waals surface area (Å²) in [4.78, 5) is 13.3. The zero-order valence-electron chi connectivity index (χ0n) is 14.6. The lowest BCUT2D eigenvalue weighted by atomic mass is 9.99. The normalized spacial score (nSPS) is 10.4. The Morgan fingerprint density at radius 3 is 2.74 bits per heavy atom. The standard InChI is InChI=1S/C20H18FN3O2S/c1-26-18-11-16(22)15(20(23)12-4-2-5-13(21)8-12)10-17(18)24-19(25)9-14-6-3-7-27-14/h2-8,10-11,23H,9,22H2,1H3,(H,24,25). The van der Waals surface area contributed by atoms with Crippen LogP contribution < -0.4 is 15.8 Å². The van der Waals surface area contributed by atoms with E-state index in [0.717, 1.165) is 4.88 Å². The van der Waals surface area contributed by atoms with Crippen molar-refractivity contribution in [3.63, 3.8) is 0 Å². The van der Waals surface area contributed by atoms with Crippen LogP contribution in [0.15, 0.2) is 53.9 Å². The van der Waals surface area contributed by atoms with Gasteiger partial charge in [-0.1, -0.05) is 18.2 Å². The van der Waals surface area contributed by atoms with E-state index < -0.39 is 5.82 Å². The summed E-state index contributed by atoms with van der Waals surface area (Å²) in [6, 6.07) is 12.6. The maximum absolute atomic E-state index is 13.5. The first-order chi connectivity index (χ1) is 13.0. The van der Waals surface area contributed by atoms with Gasteiger partial charge >= 0.3 is 0 Å². The average Bonchev–Trinajstić information content (AvgIpc) is 3.15. The fourth-order valence-corrected chi connectivity index (χ4v) is 3.35. The number of carbonyl (C=O) groups excluding carboxylic acids is 1. The molecule has 0 aliphatic carbocycles. The van der Waals surface area contributed by atoms with E-state index in [9.17, 15) is 9.18 Å². The summed E-state index contributed by atoms with van der Waals surface area (Å²) in [6.45, 7) is 0. The summed E-state index contributed by atoms with van der Waals surface area (Å²) in [5, 5.41) is 13.1. The van der Waals surface area contributed by atoms with Crippen molar-refractivity contribution in [2.45, 2.75) is 6.42 Å². The number of rotatable bonds is 6. The maximum Gasteiger partial charge on any atom is 0.229 e. The molecule has 0 unspecified atom stereocenters. The largest absolute Gasteiger partial charge is 0.494 e. The summed E-state index contributed by atoms with van der Waals surface area (Å²) in [5.41, 5.74) is 7.60. The molecule has 0 bridgehead atoms. The van der Waals surface area contributed by atoms with E-state index in [0.29, 0.717) is 28.3 Å². The summed E-state index contributed by atoms with van der Waals surface area (Å²) in [5.74, 6) is -0.250. The molecule has 7 heteroatoms. The molecule has 1 heterocycles. The Morgan fingerprint density at radius 2 is 2.07 bits per heavy atom. The highest BCUT2D eigenvalue weighted by atomic mass is 32.1. The molecule has 1 aromatic heterocycles. The van der Waals surface area contributed by atoms with Crippen molar-refractivity contribution in [3.8, 4) is 5.75 Å². The molecule has 3 aromatic rings. The minimum absolute atomic E-state index is 0.0587. The molecule has 3 rings (SSSR count). The molecule has 0 aliphatic heterocycles. The van der Waals surface area contributed by atoms with E-state index in [1.807, 2.05) is 17.5 Å². The highest BCUT2D eigenvalue weighted by Crippen LogP contribution is 2.31. The van der Waals surface area contributed by atoms with Crippen LogP contribution in [0.3, 0.4) is 0 Å². The third-order valence-corrected chi connectivity index (χ3v) is 4.82. The molecule has 0 radical (unpaired) electrons. The summed E-state index contributed by atoms with van der Waals surface area (Å²) in [7, 11) is 1.47. The molecule has 5 nitrogen and oxygen atoms in total. The first-order valence-corrected chi connectivity index (χ1v) is 9.00. The summed E-state index contributed by atoms with van der Waals surface area (Å²) >= 11 is 1.50. The Morgan fingerprint density at radius 1 is 1.26 bits per heavy atom. The number of thiophene rings is 1. The van der Waals surface area contributed by atoms with E-state index in [-0.39, 0.29) is 18.0 Å². The van der Waals surface area contributed by atoms with Gasteiger partial charge in [0.2, 0.25) is 5.91 Å². The Kier molecular flexibility index (Phi) is 5.52. The van der Waals surface area contributed by atoms with Crippen LogP contribution in [0.25, 0.3) is 0 Å². The van der Waals surface area contributed by atoms with Crippen molar-refractivity contribution >= 4 is 34.3 Å². The van der Waals surface area contributed by atoms with Crippen LogP contribution in [0.2, 0.25) is 0 Å². The fourth-order valence-electron chi connectivity index (χ4n) is 2.64. The average molecular weight is 383 g/mol. The quantitative estimate of drug-likeness (QED) is 0.443. The van der Waals surface area contributed by atoms with Gasteiger partial charge in [-0.15, -0.1) is 11.3 Å². The van der Waals surface area contributed by atoms with Gasteiger partial charge in [-0.25, -0.2) is 4.39 Å². The number of hydrogen-bond donors (Lipinski definition) is 3. The number of nitrogen functional groups attached to an aromatic ring is 1. The smallest absolute Gasteiger partial charge is 0.229 e. The Labute approximate surface area is 160 Å². The lowest BCUT2D eigenvalue weighted by molar-refractivity contribution is -0.115. The second kappa shape index (κ2) is 8.01. The number of methoxy groups -OCH3 is 1. The van der Waals surface area contributed by atoms with E-state index in [1.54, 1.807) is 18.2 Å². The van der Waals surface area contributed by atoms with Crippen LogP contribution in [0.1, 0.15) is 16.0 Å². The van der Waals surface area contributed by atoms with Crippen molar-refractivity contribution in [3.05, 3.63) is 75.7 Å². The molecule has 138 valence electrons. The molecule has 4 N–H and O–H groups in total. The molecule has 0 atom stereocenters. The maximum atomic E-state index is 13.5. The predicted molar refractivity (Wildman–Crippen MR) is 106 cm³/mol. The topological polar surface area (TPSA) is 88.2 Å². The molecule has 1 amide bonds. The monoisotopic (exact) mass is 383 g/mol. The van der Waals surface area contributed by atoms with Crippen molar-refractivity contribution in [2.75, 3.05) is 18.2 Å². The Hall–Kier alpha value is -3.19. The van der Waals surface area contributed by atoms with Crippen LogP contribution in [-0.4, -0.2) is 18.7 Å². The molecule has 2 aromatic carbocycles. The summed E-state index contributed by atoms with van der Waals surface area (Å²) < 4.78 is 18.8. The second-order valence-corrected chi connectivity index (χ2v) is 6.86. The van der Waals surface area contributed by atoms with Crippen LogP contribution >= 0.6 is 11.3 Å². The molecular weight excluding hydrogens is 365 g/mol. The molecule has 0 aliphatic rings. The molecule has 0 saturated heterocycles. The number of ether oxygens (including phenoxy) is 1. The molecule has 0 spiro atoms. The van der Waals surface area contributed by atoms with Gasteiger partial charge in [0.05, 0.1) is 24.9 Å². The number of carbonyl (C=O) groups is 1. The number of amides is 1. The van der Waals surface area contributed by atoms with Gasteiger partial charge in [-0.2, -0.15) is 0 Å². The first kappa shape index (κ1) is 18.6. The number of hydrogen-bond acceptors (Lipinski definition) is 5. The Bertz CT molecular complexity index is 987. The molecule has 27 heavy (non-hydrogen) atoms. The van der Waals surface area contributed by atoms with Crippen LogP contribution in [-0.2, 0) is 11.2 Å². The van der Waals surface area contributed by atoms with Crippen LogP contribution in [0.4, 0.5) is 15.8 Å². The first-order valence-electron chi connectivity index (χ1n) is 8.12. The van der Waals surface area contributed by atoms with Gasteiger partial charge < -0.3 is 15.8 Å². The van der Waals surface area contributed by atoms with Crippen LogP contribution in [0, 0.1) is 11.2 Å². The van der Waals surface area contributed by atoms with Gasteiger partial charge in [0.1, 0.15) is 11.6 Å². The van der Waals surface area contributed by atoms with Gasteiger partial charge in [-0.3, -0.25) is 10.2 Å². The second-order valence-electron chi connectivity index (χ2n) is 5.83. The van der Waals surface area contributed by atoms with Gasteiger partial charge in [-0.05, 0) is 29.6 Å². The zero-order chi connectivity index (χ0) is 19.4. The number of nitrogens with two attached hydrogens (primary N) is 1. The Balaban J connectivity index is 1.90. The van der Waals surface area contributed by atoms with Crippen LogP contribution in [0.5, 0.6) is 5.75 Å². The number of benzene rings is 2. The van der Waals surface area contributed by atoms with Gasteiger partial charge in [0, 0.05) is 27.8 Å². The molecule has 0 fully saturated rings. The minimum atomic E-state index is -0.436. The highest BCUT2D eigenvalue weighted by Gasteiger charge is 2.16. The van der Waals surface area contributed by atoms with E-state index >= 15 is 0 Å². The SMILES string of the molecule is COc1cc(N)c(C(=N)c2cccc(F)c2)cc1NC(=O)Cc1cccs1. The zero-order valence-corrected chi connectivity index (χ0v) is 15.4. The molecule has 0 saturated carbocycles. The number of nitrogens with one attached hydrogen (secondary N) is 2. The minimum Gasteiger partial charge on any atom is -0.494 e. The lowest BCUT2D eigenvalue weighted by Crippen LogP contribution is -2.16.